The molecular weight excluding hydrogens is 396 g/mol. The molecule has 0 aliphatic heterocycles. The molecule has 2 aromatic rings. The summed E-state index contributed by atoms with van der Waals surface area (Å²) in [6, 6.07) is 10.3. The van der Waals surface area contributed by atoms with Crippen molar-refractivity contribution in [1.82, 2.24) is 4.90 Å². The van der Waals surface area contributed by atoms with Crippen LogP contribution in [0.2, 0.25) is 5.02 Å². The van der Waals surface area contributed by atoms with E-state index in [0.29, 0.717) is 33.5 Å². The van der Waals surface area contributed by atoms with Crippen LogP contribution in [0.5, 0.6) is 17.2 Å². The maximum Gasteiger partial charge on any atom is 0.246 e. The number of rotatable bonds is 8. The lowest BCUT2D eigenvalue weighted by atomic mass is 10.2. The van der Waals surface area contributed by atoms with Crippen LogP contribution in [0, 0.1) is 0 Å². The van der Waals surface area contributed by atoms with Gasteiger partial charge in [-0.1, -0.05) is 11.6 Å². The molecule has 8 heteroatoms. The Balaban J connectivity index is 1.97. The summed E-state index contributed by atoms with van der Waals surface area (Å²) < 4.78 is 15.5. The summed E-state index contributed by atoms with van der Waals surface area (Å²) in [6.07, 6.45) is 2.95. The summed E-state index contributed by atoms with van der Waals surface area (Å²) in [5.41, 5.74) is 1.28. The molecule has 0 unspecified atom stereocenters. The Morgan fingerprint density at radius 3 is 2.34 bits per heavy atom. The first-order valence-electron chi connectivity index (χ1n) is 8.66. The molecule has 0 aliphatic carbocycles. The smallest absolute Gasteiger partial charge is 0.246 e. The predicted octanol–water partition coefficient (Wildman–Crippen LogP) is 3.48. The van der Waals surface area contributed by atoms with Crippen molar-refractivity contribution in [3.05, 3.63) is 53.1 Å². The van der Waals surface area contributed by atoms with Crippen molar-refractivity contribution < 1.29 is 23.8 Å². The van der Waals surface area contributed by atoms with E-state index in [2.05, 4.69) is 5.32 Å². The van der Waals surface area contributed by atoms with E-state index in [9.17, 15) is 9.59 Å². The summed E-state index contributed by atoms with van der Waals surface area (Å²) in [7, 11) is 6.11. The predicted molar refractivity (Wildman–Crippen MR) is 113 cm³/mol. The fourth-order valence-electron chi connectivity index (χ4n) is 2.50. The minimum absolute atomic E-state index is 0.0953. The van der Waals surface area contributed by atoms with Crippen LogP contribution in [0.15, 0.2) is 42.5 Å². The van der Waals surface area contributed by atoms with E-state index >= 15 is 0 Å². The molecule has 2 rings (SSSR count). The topological polar surface area (TPSA) is 77.1 Å². The molecule has 0 aliphatic rings. The molecule has 2 aromatic carbocycles. The number of nitrogens with zero attached hydrogens (tertiary/aromatic N) is 1. The van der Waals surface area contributed by atoms with Crippen molar-refractivity contribution in [3.63, 3.8) is 0 Å². The van der Waals surface area contributed by atoms with Gasteiger partial charge in [0.15, 0.2) is 11.5 Å². The number of anilines is 1. The SMILES string of the molecule is COc1ccc(NC(=O)CN(C)C(=O)/C=C/c2cc(Cl)c(OC)c(OC)c2)cc1. The number of nitrogens with one attached hydrogen (secondary N) is 1. The molecule has 0 spiro atoms. The van der Waals surface area contributed by atoms with Gasteiger partial charge in [-0.05, 0) is 48.0 Å². The fourth-order valence-corrected chi connectivity index (χ4v) is 2.79. The first-order valence-corrected chi connectivity index (χ1v) is 9.04. The molecule has 0 saturated carbocycles. The number of amides is 2. The van der Waals surface area contributed by atoms with Crippen LogP contribution >= 0.6 is 11.6 Å². The van der Waals surface area contributed by atoms with Crippen molar-refractivity contribution in [2.75, 3.05) is 40.2 Å². The summed E-state index contributed by atoms with van der Waals surface area (Å²) in [6.45, 7) is -0.0953. The number of methoxy groups -OCH3 is 3. The number of carbonyl (C=O) groups is 2. The van der Waals surface area contributed by atoms with E-state index in [0.717, 1.165) is 0 Å². The van der Waals surface area contributed by atoms with Crippen LogP contribution in [0.4, 0.5) is 5.69 Å². The molecule has 0 bridgehead atoms. The minimum atomic E-state index is -0.333. The lowest BCUT2D eigenvalue weighted by molar-refractivity contribution is -0.129. The first-order chi connectivity index (χ1) is 13.9. The summed E-state index contributed by atoms with van der Waals surface area (Å²) in [5, 5.41) is 3.09. The second-order valence-corrected chi connectivity index (χ2v) is 6.45. The molecule has 0 saturated heterocycles. The third-order valence-corrected chi connectivity index (χ3v) is 4.29. The Labute approximate surface area is 174 Å². The highest BCUT2D eigenvalue weighted by atomic mass is 35.5. The minimum Gasteiger partial charge on any atom is -0.497 e. The fraction of sp³-hybridized carbons (Fsp3) is 0.238. The molecule has 0 radical (unpaired) electrons. The van der Waals surface area contributed by atoms with Gasteiger partial charge >= 0.3 is 0 Å². The maximum absolute atomic E-state index is 12.3. The highest BCUT2D eigenvalue weighted by Gasteiger charge is 2.12. The first kappa shape index (κ1) is 22.1. The van der Waals surface area contributed by atoms with Crippen LogP contribution in [-0.4, -0.2) is 51.6 Å². The summed E-state index contributed by atoms with van der Waals surface area (Å²) in [5.74, 6) is 0.925. The summed E-state index contributed by atoms with van der Waals surface area (Å²) >= 11 is 6.16. The van der Waals surface area contributed by atoms with E-state index < -0.39 is 0 Å². The highest BCUT2D eigenvalue weighted by Crippen LogP contribution is 2.36. The van der Waals surface area contributed by atoms with Gasteiger partial charge in [-0.3, -0.25) is 9.59 Å². The lowest BCUT2D eigenvalue weighted by Crippen LogP contribution is -2.33. The van der Waals surface area contributed by atoms with Crippen LogP contribution in [0.25, 0.3) is 6.08 Å². The lowest BCUT2D eigenvalue weighted by Gasteiger charge is -2.15. The quantitative estimate of drug-likeness (QED) is 0.664. The molecular formula is C21H23ClN2O5. The number of ether oxygens (including phenoxy) is 3. The van der Waals surface area contributed by atoms with E-state index in [1.165, 1.54) is 25.2 Å². The molecule has 0 fully saturated rings. The zero-order chi connectivity index (χ0) is 21.4. The Hall–Kier alpha value is -3.19. The highest BCUT2D eigenvalue weighted by molar-refractivity contribution is 6.32. The van der Waals surface area contributed by atoms with Crippen molar-refractivity contribution >= 4 is 35.2 Å². The average molecular weight is 419 g/mol. The molecule has 0 heterocycles. The normalized spacial score (nSPS) is 10.5. The number of likely N-dealkylation sites (N-methyl/N-ethyl adjacent to an activating group) is 1. The van der Waals surface area contributed by atoms with Crippen molar-refractivity contribution in [3.8, 4) is 17.2 Å². The Morgan fingerprint density at radius 2 is 1.76 bits per heavy atom. The van der Waals surface area contributed by atoms with E-state index in [1.54, 1.807) is 56.6 Å². The largest absolute Gasteiger partial charge is 0.497 e. The average Bonchev–Trinajstić information content (AvgIpc) is 2.71. The number of hydrogen-bond donors (Lipinski definition) is 1. The maximum atomic E-state index is 12.3. The number of halogens is 1. The van der Waals surface area contributed by atoms with Gasteiger partial charge < -0.3 is 24.4 Å². The van der Waals surface area contributed by atoms with Crippen LogP contribution in [0.1, 0.15) is 5.56 Å². The Kier molecular flexibility index (Phi) is 7.91. The van der Waals surface area contributed by atoms with E-state index in [4.69, 9.17) is 25.8 Å². The van der Waals surface area contributed by atoms with Gasteiger partial charge in [0.25, 0.3) is 0 Å². The van der Waals surface area contributed by atoms with Gasteiger partial charge in [0, 0.05) is 18.8 Å². The summed E-state index contributed by atoms with van der Waals surface area (Å²) in [4.78, 5) is 25.8. The van der Waals surface area contributed by atoms with Crippen LogP contribution < -0.4 is 19.5 Å². The van der Waals surface area contributed by atoms with E-state index in [1.807, 2.05) is 0 Å². The monoisotopic (exact) mass is 418 g/mol. The molecule has 29 heavy (non-hydrogen) atoms. The van der Waals surface area contributed by atoms with E-state index in [-0.39, 0.29) is 18.4 Å². The second-order valence-electron chi connectivity index (χ2n) is 6.04. The molecule has 154 valence electrons. The van der Waals surface area contributed by atoms with Crippen molar-refractivity contribution in [2.45, 2.75) is 0 Å². The molecule has 2 amide bonds. The van der Waals surface area contributed by atoms with Crippen LogP contribution in [0.3, 0.4) is 0 Å². The van der Waals surface area contributed by atoms with Crippen LogP contribution in [-0.2, 0) is 9.59 Å². The van der Waals surface area contributed by atoms with Crippen molar-refractivity contribution in [2.24, 2.45) is 0 Å². The van der Waals surface area contributed by atoms with Crippen molar-refractivity contribution in [1.29, 1.82) is 0 Å². The molecule has 0 aromatic heterocycles. The van der Waals surface area contributed by atoms with Gasteiger partial charge in [0.2, 0.25) is 11.8 Å². The molecule has 7 nitrogen and oxygen atoms in total. The van der Waals surface area contributed by atoms with Gasteiger partial charge in [0.1, 0.15) is 5.75 Å². The number of benzene rings is 2. The molecule has 0 atom stereocenters. The Morgan fingerprint density at radius 1 is 1.07 bits per heavy atom. The standard InChI is InChI=1S/C21H23ClN2O5/c1-24(13-19(25)23-15-6-8-16(27-2)9-7-15)20(26)10-5-14-11-17(22)21(29-4)18(12-14)28-3/h5-12H,13H2,1-4H3,(H,23,25)/b10-5+. The third-order valence-electron chi connectivity index (χ3n) is 4.01. The number of carbonyl (C=O) groups excluding carboxylic acids is 2. The Bertz CT molecular complexity index is 897. The molecule has 1 N–H and O–H groups in total. The zero-order valence-electron chi connectivity index (χ0n) is 16.7. The second kappa shape index (κ2) is 10.4. The van der Waals surface area contributed by atoms with Gasteiger partial charge in [0.05, 0.1) is 32.9 Å². The number of hydrogen-bond acceptors (Lipinski definition) is 5. The van der Waals surface area contributed by atoms with Gasteiger partial charge in [-0.15, -0.1) is 0 Å². The third kappa shape index (κ3) is 6.15. The zero-order valence-corrected chi connectivity index (χ0v) is 17.4. The van der Waals surface area contributed by atoms with Gasteiger partial charge in [-0.25, -0.2) is 0 Å². The van der Waals surface area contributed by atoms with Gasteiger partial charge in [-0.2, -0.15) is 0 Å².